The topological polar surface area (TPSA) is 63.7 Å². The molecule has 0 spiro atoms. The van der Waals surface area contributed by atoms with Crippen LogP contribution in [0.3, 0.4) is 0 Å². The van der Waals surface area contributed by atoms with Gasteiger partial charge in [-0.3, -0.25) is 19.2 Å². The molecule has 7 heteroatoms. The Balaban J connectivity index is 1.47. The van der Waals surface area contributed by atoms with Crippen molar-refractivity contribution in [3.05, 3.63) is 41.6 Å². The molecule has 4 heterocycles. The van der Waals surface area contributed by atoms with Crippen molar-refractivity contribution in [2.45, 2.75) is 38.9 Å². The third-order valence-electron chi connectivity index (χ3n) is 4.57. The molecule has 2 aromatic rings. The number of rotatable bonds is 4. The summed E-state index contributed by atoms with van der Waals surface area (Å²) in [5.41, 5.74) is 1.13. The lowest BCUT2D eigenvalue weighted by atomic mass is 10.1. The van der Waals surface area contributed by atoms with Crippen molar-refractivity contribution in [3.8, 4) is 0 Å². The Morgan fingerprint density at radius 3 is 3.04 bits per heavy atom. The van der Waals surface area contributed by atoms with Crippen LogP contribution in [0.5, 0.6) is 0 Å². The van der Waals surface area contributed by atoms with Crippen LogP contribution in [0.2, 0.25) is 0 Å². The summed E-state index contributed by atoms with van der Waals surface area (Å²) in [6, 6.07) is 6.04. The van der Waals surface area contributed by atoms with Crippen molar-refractivity contribution in [2.75, 3.05) is 19.7 Å². The van der Waals surface area contributed by atoms with E-state index < -0.39 is 0 Å². The predicted molar refractivity (Wildman–Crippen MR) is 85.7 cm³/mol. The minimum atomic E-state index is 0.0245. The molecule has 1 saturated heterocycles. The second kappa shape index (κ2) is 6.41. The summed E-state index contributed by atoms with van der Waals surface area (Å²) < 4.78 is 7.68. The third-order valence-corrected chi connectivity index (χ3v) is 4.57. The van der Waals surface area contributed by atoms with E-state index in [2.05, 4.69) is 10.00 Å². The number of fused-ring (bicyclic) bond motifs is 1. The van der Waals surface area contributed by atoms with E-state index in [0.717, 1.165) is 43.3 Å². The Morgan fingerprint density at radius 1 is 1.38 bits per heavy atom. The minimum Gasteiger partial charge on any atom is -0.465 e. The van der Waals surface area contributed by atoms with Crippen LogP contribution in [-0.4, -0.2) is 45.3 Å². The van der Waals surface area contributed by atoms with Gasteiger partial charge in [0.1, 0.15) is 11.5 Å². The molecule has 1 amide bonds. The quantitative estimate of drug-likeness (QED) is 0.857. The number of hydroxylamine groups is 2. The lowest BCUT2D eigenvalue weighted by Crippen LogP contribution is -2.40. The molecule has 7 nitrogen and oxygen atoms in total. The lowest BCUT2D eigenvalue weighted by Gasteiger charge is -2.33. The largest absolute Gasteiger partial charge is 0.465 e. The van der Waals surface area contributed by atoms with Gasteiger partial charge in [-0.25, -0.2) is 5.06 Å². The highest BCUT2D eigenvalue weighted by Crippen LogP contribution is 2.26. The molecular weight excluding hydrogens is 308 g/mol. The highest BCUT2D eigenvalue weighted by Gasteiger charge is 2.30. The molecule has 1 atom stereocenters. The standard InChI is InChI=1S/C17H22N4O3/c1-13-3-4-16(24-13)12-19-10-14-5-6-18-21(14)15(11-19)9-17(22)20-7-2-8-23-20/h3-6,15H,2,7-12H2,1H3. The average Bonchev–Trinajstić information content (AvgIpc) is 3.28. The molecule has 2 aliphatic heterocycles. The van der Waals surface area contributed by atoms with Gasteiger partial charge in [-0.15, -0.1) is 0 Å². The van der Waals surface area contributed by atoms with Crippen molar-refractivity contribution < 1.29 is 14.0 Å². The molecule has 0 radical (unpaired) electrons. The molecule has 128 valence electrons. The van der Waals surface area contributed by atoms with Crippen LogP contribution in [0.4, 0.5) is 0 Å². The molecular formula is C17H22N4O3. The highest BCUT2D eigenvalue weighted by atomic mass is 16.7. The first-order valence-corrected chi connectivity index (χ1v) is 8.42. The van der Waals surface area contributed by atoms with Crippen LogP contribution in [0.25, 0.3) is 0 Å². The minimum absolute atomic E-state index is 0.0245. The fourth-order valence-corrected chi connectivity index (χ4v) is 3.47. The number of furan rings is 1. The van der Waals surface area contributed by atoms with E-state index in [1.54, 1.807) is 6.20 Å². The Labute approximate surface area is 140 Å². The molecule has 0 aromatic carbocycles. The maximum Gasteiger partial charge on any atom is 0.248 e. The van der Waals surface area contributed by atoms with Crippen LogP contribution in [0, 0.1) is 6.92 Å². The maximum atomic E-state index is 12.4. The number of hydrogen-bond donors (Lipinski definition) is 0. The molecule has 2 aliphatic rings. The number of aromatic nitrogens is 2. The van der Waals surface area contributed by atoms with Crippen LogP contribution >= 0.6 is 0 Å². The van der Waals surface area contributed by atoms with Crippen LogP contribution < -0.4 is 0 Å². The average molecular weight is 330 g/mol. The summed E-state index contributed by atoms with van der Waals surface area (Å²) in [4.78, 5) is 20.1. The van der Waals surface area contributed by atoms with Gasteiger partial charge in [0.25, 0.3) is 0 Å². The zero-order valence-corrected chi connectivity index (χ0v) is 13.9. The normalized spacial score (nSPS) is 21.2. The number of carbonyl (C=O) groups is 1. The first kappa shape index (κ1) is 15.4. The van der Waals surface area contributed by atoms with E-state index in [-0.39, 0.29) is 11.9 Å². The number of hydrogen-bond acceptors (Lipinski definition) is 5. The fraction of sp³-hybridized carbons (Fsp3) is 0.529. The van der Waals surface area contributed by atoms with Gasteiger partial charge in [0.15, 0.2) is 0 Å². The number of carbonyl (C=O) groups excluding carboxylic acids is 1. The summed E-state index contributed by atoms with van der Waals surface area (Å²) in [5.74, 6) is 1.91. The van der Waals surface area contributed by atoms with Crippen molar-refractivity contribution in [3.63, 3.8) is 0 Å². The van der Waals surface area contributed by atoms with Gasteiger partial charge in [0.05, 0.1) is 37.9 Å². The Bertz CT molecular complexity index is 717. The summed E-state index contributed by atoms with van der Waals surface area (Å²) in [6.07, 6.45) is 3.12. The van der Waals surface area contributed by atoms with Gasteiger partial charge in [-0.05, 0) is 31.5 Å². The van der Waals surface area contributed by atoms with Crippen molar-refractivity contribution >= 4 is 5.91 Å². The van der Waals surface area contributed by atoms with E-state index in [9.17, 15) is 4.79 Å². The van der Waals surface area contributed by atoms with Crippen molar-refractivity contribution in [1.29, 1.82) is 0 Å². The van der Waals surface area contributed by atoms with Gasteiger partial charge >= 0.3 is 0 Å². The summed E-state index contributed by atoms with van der Waals surface area (Å²) in [5, 5.41) is 5.92. The van der Waals surface area contributed by atoms with Gasteiger partial charge in [-0.2, -0.15) is 5.10 Å². The number of amides is 1. The molecule has 0 saturated carbocycles. The monoisotopic (exact) mass is 330 g/mol. The van der Waals surface area contributed by atoms with Gasteiger partial charge in [0.2, 0.25) is 5.91 Å². The first-order valence-electron chi connectivity index (χ1n) is 8.42. The third kappa shape index (κ3) is 3.09. The molecule has 0 N–H and O–H groups in total. The number of nitrogens with zero attached hydrogens (tertiary/aromatic N) is 4. The van der Waals surface area contributed by atoms with Crippen molar-refractivity contribution in [1.82, 2.24) is 19.7 Å². The van der Waals surface area contributed by atoms with E-state index in [1.165, 1.54) is 5.06 Å². The smallest absolute Gasteiger partial charge is 0.248 e. The second-order valence-electron chi connectivity index (χ2n) is 6.49. The molecule has 2 aromatic heterocycles. The zero-order valence-electron chi connectivity index (χ0n) is 13.9. The second-order valence-corrected chi connectivity index (χ2v) is 6.49. The van der Waals surface area contributed by atoms with E-state index in [0.29, 0.717) is 19.6 Å². The first-order chi connectivity index (χ1) is 11.7. The molecule has 4 rings (SSSR count). The lowest BCUT2D eigenvalue weighted by molar-refractivity contribution is -0.170. The van der Waals surface area contributed by atoms with Gasteiger partial charge in [-0.1, -0.05) is 0 Å². The van der Waals surface area contributed by atoms with Crippen LogP contribution in [-0.2, 0) is 22.7 Å². The van der Waals surface area contributed by atoms with Gasteiger partial charge in [0, 0.05) is 19.3 Å². The zero-order chi connectivity index (χ0) is 16.5. The summed E-state index contributed by atoms with van der Waals surface area (Å²) in [6.45, 7) is 5.59. The SMILES string of the molecule is Cc1ccc(CN2Cc3ccnn3C(CC(=O)N3CCCO3)C2)o1. The van der Waals surface area contributed by atoms with Crippen LogP contribution in [0.1, 0.15) is 36.1 Å². The number of aryl methyl sites for hydroxylation is 1. The molecule has 0 bridgehead atoms. The maximum absolute atomic E-state index is 12.4. The molecule has 1 fully saturated rings. The van der Waals surface area contributed by atoms with E-state index in [1.807, 2.05) is 29.8 Å². The molecule has 24 heavy (non-hydrogen) atoms. The van der Waals surface area contributed by atoms with E-state index in [4.69, 9.17) is 9.25 Å². The van der Waals surface area contributed by atoms with Crippen LogP contribution in [0.15, 0.2) is 28.8 Å². The molecule has 1 unspecified atom stereocenters. The predicted octanol–water partition coefficient (Wildman–Crippen LogP) is 1.90. The Morgan fingerprint density at radius 2 is 2.29 bits per heavy atom. The highest BCUT2D eigenvalue weighted by molar-refractivity contribution is 5.75. The fourth-order valence-electron chi connectivity index (χ4n) is 3.47. The summed E-state index contributed by atoms with van der Waals surface area (Å²) >= 11 is 0. The summed E-state index contributed by atoms with van der Waals surface area (Å²) in [7, 11) is 0. The Hall–Kier alpha value is -2.12. The van der Waals surface area contributed by atoms with E-state index >= 15 is 0 Å². The van der Waals surface area contributed by atoms with Crippen molar-refractivity contribution in [2.24, 2.45) is 0 Å². The van der Waals surface area contributed by atoms with Gasteiger partial charge < -0.3 is 4.42 Å². The molecule has 0 aliphatic carbocycles. The Kier molecular flexibility index (Phi) is 4.12.